The highest BCUT2D eigenvalue weighted by Gasteiger charge is 2.23. The zero-order chi connectivity index (χ0) is 17.0. The Morgan fingerprint density at radius 3 is 2.35 bits per heavy atom. The standard InChI is InChI=1S/C17H25N3O3/c1-17(2,3)10-15-18-16(14(23)9-13(22)11-21)20(19-15)12-7-5-4-6-8-12/h4-8,13-14,21-23H,9-11H2,1-3H3. The SMILES string of the molecule is CC(C)(C)Cc1nc(C(O)CC(O)CO)n(-c2ccccc2)n1. The molecule has 0 fully saturated rings. The maximum absolute atomic E-state index is 10.4. The monoisotopic (exact) mass is 319 g/mol. The van der Waals surface area contributed by atoms with Crippen molar-refractivity contribution in [2.45, 2.75) is 45.8 Å². The van der Waals surface area contributed by atoms with Crippen LogP contribution in [0.4, 0.5) is 0 Å². The molecule has 0 spiro atoms. The van der Waals surface area contributed by atoms with Gasteiger partial charge in [-0.3, -0.25) is 0 Å². The van der Waals surface area contributed by atoms with Crippen molar-refractivity contribution in [2.24, 2.45) is 5.41 Å². The molecule has 0 bridgehead atoms. The first-order valence-electron chi connectivity index (χ1n) is 7.78. The van der Waals surface area contributed by atoms with E-state index in [2.05, 4.69) is 30.9 Å². The van der Waals surface area contributed by atoms with E-state index in [1.807, 2.05) is 30.3 Å². The molecule has 1 aromatic carbocycles. The van der Waals surface area contributed by atoms with Crippen molar-refractivity contribution in [3.8, 4) is 5.69 Å². The van der Waals surface area contributed by atoms with Crippen LogP contribution in [0.15, 0.2) is 30.3 Å². The molecule has 0 aliphatic rings. The third-order valence-electron chi connectivity index (χ3n) is 3.37. The molecular weight excluding hydrogens is 294 g/mol. The van der Waals surface area contributed by atoms with Gasteiger partial charge in [0.25, 0.3) is 0 Å². The zero-order valence-corrected chi connectivity index (χ0v) is 13.8. The number of hydrogen-bond donors (Lipinski definition) is 3. The largest absolute Gasteiger partial charge is 0.394 e. The van der Waals surface area contributed by atoms with Crippen molar-refractivity contribution < 1.29 is 15.3 Å². The normalized spacial score (nSPS) is 14.7. The van der Waals surface area contributed by atoms with Crippen LogP contribution >= 0.6 is 0 Å². The number of aromatic nitrogens is 3. The second-order valence-corrected chi connectivity index (χ2v) is 6.96. The third kappa shape index (κ3) is 4.86. The molecule has 0 amide bonds. The number of hydrogen-bond acceptors (Lipinski definition) is 5. The molecule has 2 unspecified atom stereocenters. The average Bonchev–Trinajstić information content (AvgIpc) is 2.89. The van der Waals surface area contributed by atoms with Gasteiger partial charge in [-0.05, 0) is 17.5 Å². The quantitative estimate of drug-likeness (QED) is 0.753. The van der Waals surface area contributed by atoms with Crippen LogP contribution in [0.2, 0.25) is 0 Å². The molecule has 2 rings (SSSR count). The molecule has 6 nitrogen and oxygen atoms in total. The van der Waals surface area contributed by atoms with Gasteiger partial charge in [-0.1, -0.05) is 39.0 Å². The summed E-state index contributed by atoms with van der Waals surface area (Å²) in [6, 6.07) is 9.45. The second kappa shape index (κ2) is 7.21. The van der Waals surface area contributed by atoms with Gasteiger partial charge in [0.15, 0.2) is 11.6 Å². The van der Waals surface area contributed by atoms with Crippen molar-refractivity contribution >= 4 is 0 Å². The van der Waals surface area contributed by atoms with Gasteiger partial charge in [-0.25, -0.2) is 9.67 Å². The average molecular weight is 319 g/mol. The van der Waals surface area contributed by atoms with Crippen LogP contribution in [0, 0.1) is 5.41 Å². The highest BCUT2D eigenvalue weighted by molar-refractivity contribution is 5.31. The molecule has 2 atom stereocenters. The lowest BCUT2D eigenvalue weighted by Gasteiger charge is -2.14. The molecule has 126 valence electrons. The first-order valence-corrected chi connectivity index (χ1v) is 7.78. The Kier molecular flexibility index (Phi) is 5.51. The summed E-state index contributed by atoms with van der Waals surface area (Å²) in [5.74, 6) is 1.02. The highest BCUT2D eigenvalue weighted by Crippen LogP contribution is 2.24. The smallest absolute Gasteiger partial charge is 0.161 e. The van der Waals surface area contributed by atoms with Crippen LogP contribution < -0.4 is 0 Å². The van der Waals surface area contributed by atoms with E-state index in [0.717, 1.165) is 5.69 Å². The van der Waals surface area contributed by atoms with Crippen LogP contribution in [-0.4, -0.2) is 42.8 Å². The van der Waals surface area contributed by atoms with Crippen LogP contribution in [0.3, 0.4) is 0 Å². The van der Waals surface area contributed by atoms with E-state index in [4.69, 9.17) is 5.11 Å². The Balaban J connectivity index is 2.38. The number of nitrogens with zero attached hydrogens (tertiary/aromatic N) is 3. The summed E-state index contributed by atoms with van der Waals surface area (Å²) in [7, 11) is 0. The predicted octanol–water partition coefficient (Wildman–Crippen LogP) is 1.63. The second-order valence-electron chi connectivity index (χ2n) is 6.96. The lowest BCUT2D eigenvalue weighted by Crippen LogP contribution is -2.18. The number of rotatable bonds is 6. The predicted molar refractivity (Wildman–Crippen MR) is 87.2 cm³/mol. The Labute approximate surface area is 136 Å². The van der Waals surface area contributed by atoms with Gasteiger partial charge in [0.1, 0.15) is 6.10 Å². The minimum atomic E-state index is -1.00. The van der Waals surface area contributed by atoms with Gasteiger partial charge in [0.2, 0.25) is 0 Å². The summed E-state index contributed by atoms with van der Waals surface area (Å²) in [5, 5.41) is 33.5. The summed E-state index contributed by atoms with van der Waals surface area (Å²) in [5.41, 5.74) is 0.822. The van der Waals surface area contributed by atoms with Gasteiger partial charge in [0.05, 0.1) is 18.4 Å². The van der Waals surface area contributed by atoms with E-state index in [1.54, 1.807) is 4.68 Å². The molecule has 0 radical (unpaired) electrons. The minimum absolute atomic E-state index is 0.0109. The first kappa shape index (κ1) is 17.6. The van der Waals surface area contributed by atoms with Gasteiger partial charge < -0.3 is 15.3 Å². The fourth-order valence-corrected chi connectivity index (χ4v) is 2.33. The Bertz CT molecular complexity index is 620. The molecule has 0 aliphatic heterocycles. The molecule has 23 heavy (non-hydrogen) atoms. The molecule has 6 heteroatoms. The minimum Gasteiger partial charge on any atom is -0.394 e. The lowest BCUT2D eigenvalue weighted by atomic mass is 9.92. The summed E-state index contributed by atoms with van der Waals surface area (Å²) < 4.78 is 1.61. The molecule has 0 aliphatic carbocycles. The molecule has 0 saturated heterocycles. The van der Waals surface area contributed by atoms with Gasteiger partial charge in [-0.2, -0.15) is 5.10 Å². The van der Waals surface area contributed by atoms with E-state index in [1.165, 1.54) is 0 Å². The van der Waals surface area contributed by atoms with Gasteiger partial charge >= 0.3 is 0 Å². The van der Waals surface area contributed by atoms with Crippen LogP contribution in [-0.2, 0) is 6.42 Å². The maximum Gasteiger partial charge on any atom is 0.161 e. The van der Waals surface area contributed by atoms with Crippen molar-refractivity contribution in [1.29, 1.82) is 0 Å². The number of aliphatic hydroxyl groups excluding tert-OH is 3. The molecule has 1 aromatic heterocycles. The van der Waals surface area contributed by atoms with E-state index >= 15 is 0 Å². The molecular formula is C17H25N3O3. The van der Waals surface area contributed by atoms with Crippen molar-refractivity contribution in [1.82, 2.24) is 14.8 Å². The van der Waals surface area contributed by atoms with Crippen molar-refractivity contribution in [2.75, 3.05) is 6.61 Å². The Morgan fingerprint density at radius 1 is 1.13 bits per heavy atom. The van der Waals surface area contributed by atoms with E-state index < -0.39 is 18.8 Å². The summed E-state index contributed by atoms with van der Waals surface area (Å²) in [4.78, 5) is 4.47. The van der Waals surface area contributed by atoms with E-state index in [9.17, 15) is 10.2 Å². The van der Waals surface area contributed by atoms with Crippen LogP contribution in [0.25, 0.3) is 5.69 Å². The van der Waals surface area contributed by atoms with E-state index in [-0.39, 0.29) is 11.8 Å². The fourth-order valence-electron chi connectivity index (χ4n) is 2.33. The number of aliphatic hydroxyl groups is 3. The van der Waals surface area contributed by atoms with Gasteiger partial charge in [-0.15, -0.1) is 0 Å². The van der Waals surface area contributed by atoms with Gasteiger partial charge in [0, 0.05) is 12.8 Å². The number of para-hydroxylation sites is 1. The highest BCUT2D eigenvalue weighted by atomic mass is 16.3. The first-order chi connectivity index (χ1) is 10.8. The fraction of sp³-hybridized carbons (Fsp3) is 0.529. The summed E-state index contributed by atoms with van der Waals surface area (Å²) in [6.45, 7) is 5.90. The van der Waals surface area contributed by atoms with Crippen molar-refractivity contribution in [3.63, 3.8) is 0 Å². The van der Waals surface area contributed by atoms with Crippen LogP contribution in [0.5, 0.6) is 0 Å². The van der Waals surface area contributed by atoms with Crippen LogP contribution in [0.1, 0.15) is 44.9 Å². The molecule has 3 N–H and O–H groups in total. The molecule has 0 saturated carbocycles. The number of benzene rings is 1. The topological polar surface area (TPSA) is 91.4 Å². The Hall–Kier alpha value is -1.76. The lowest BCUT2D eigenvalue weighted by molar-refractivity contribution is 0.0375. The molecule has 1 heterocycles. The van der Waals surface area contributed by atoms with E-state index in [0.29, 0.717) is 18.1 Å². The van der Waals surface area contributed by atoms with Crippen molar-refractivity contribution in [3.05, 3.63) is 42.0 Å². The third-order valence-corrected chi connectivity index (χ3v) is 3.37. The summed E-state index contributed by atoms with van der Waals surface area (Å²) >= 11 is 0. The summed E-state index contributed by atoms with van der Waals surface area (Å²) in [6.07, 6.45) is -1.30. The zero-order valence-electron chi connectivity index (χ0n) is 13.8. The Morgan fingerprint density at radius 2 is 1.78 bits per heavy atom. The maximum atomic E-state index is 10.4. The molecule has 2 aromatic rings.